The fraction of sp³-hybridized carbons (Fsp3) is 0.647. The summed E-state index contributed by atoms with van der Waals surface area (Å²) in [5, 5.41) is 7.08. The van der Waals surface area contributed by atoms with Gasteiger partial charge in [0, 0.05) is 32.3 Å². The van der Waals surface area contributed by atoms with Crippen LogP contribution in [0.4, 0.5) is 0 Å². The lowest BCUT2D eigenvalue weighted by Crippen LogP contribution is -2.45. The van der Waals surface area contributed by atoms with Gasteiger partial charge in [0.15, 0.2) is 0 Å². The second kappa shape index (κ2) is 7.78. The van der Waals surface area contributed by atoms with Crippen LogP contribution in [0, 0.1) is 0 Å². The highest BCUT2D eigenvalue weighted by Gasteiger charge is 2.28. The number of hydrogen-bond acceptors (Lipinski definition) is 4. The number of nitrogens with one attached hydrogen (secondary N) is 2. The van der Waals surface area contributed by atoms with E-state index in [1.165, 1.54) is 5.56 Å². The van der Waals surface area contributed by atoms with Crippen molar-refractivity contribution in [2.45, 2.75) is 44.9 Å². The van der Waals surface area contributed by atoms with Gasteiger partial charge in [0.25, 0.3) is 0 Å². The second-order valence-electron chi connectivity index (χ2n) is 6.28. The summed E-state index contributed by atoms with van der Waals surface area (Å²) in [5.41, 5.74) is 1.30. The summed E-state index contributed by atoms with van der Waals surface area (Å²) < 4.78 is 10.9. The van der Waals surface area contributed by atoms with Crippen molar-refractivity contribution in [1.29, 1.82) is 0 Å². The third-order valence-electron chi connectivity index (χ3n) is 3.92. The van der Waals surface area contributed by atoms with Crippen molar-refractivity contribution in [2.75, 3.05) is 26.8 Å². The van der Waals surface area contributed by atoms with Crippen molar-refractivity contribution in [3.63, 3.8) is 0 Å². The molecule has 0 saturated carbocycles. The van der Waals surface area contributed by atoms with E-state index in [9.17, 15) is 0 Å². The van der Waals surface area contributed by atoms with Crippen LogP contribution in [0.3, 0.4) is 0 Å². The molecule has 0 radical (unpaired) electrons. The van der Waals surface area contributed by atoms with Gasteiger partial charge in [-0.25, -0.2) is 0 Å². The Kier molecular flexibility index (Phi) is 6.03. The Bertz CT molecular complexity index is 417. The van der Waals surface area contributed by atoms with Gasteiger partial charge in [0.2, 0.25) is 0 Å². The van der Waals surface area contributed by atoms with E-state index >= 15 is 0 Å². The summed E-state index contributed by atoms with van der Waals surface area (Å²) in [6.45, 7) is 8.07. The Balaban J connectivity index is 1.59. The van der Waals surface area contributed by atoms with E-state index in [-0.39, 0.29) is 5.60 Å². The van der Waals surface area contributed by atoms with Crippen LogP contribution in [0.15, 0.2) is 24.3 Å². The molecule has 1 aromatic carbocycles. The molecule has 0 spiro atoms. The van der Waals surface area contributed by atoms with Crippen molar-refractivity contribution < 1.29 is 9.47 Å². The average Bonchev–Trinajstić information content (AvgIpc) is 2.46. The van der Waals surface area contributed by atoms with Crippen molar-refractivity contribution in [2.24, 2.45) is 0 Å². The average molecular weight is 292 g/mol. The van der Waals surface area contributed by atoms with Gasteiger partial charge in [0.1, 0.15) is 5.75 Å². The maximum atomic E-state index is 5.73. The van der Waals surface area contributed by atoms with Crippen LogP contribution in [0.1, 0.15) is 32.3 Å². The summed E-state index contributed by atoms with van der Waals surface area (Å²) in [7, 11) is 1.69. The lowest BCUT2D eigenvalue weighted by molar-refractivity contribution is -0.0627. The molecule has 0 aromatic heterocycles. The molecule has 1 atom stereocenters. The molecule has 4 heteroatoms. The van der Waals surface area contributed by atoms with Crippen molar-refractivity contribution in [3.8, 4) is 5.75 Å². The van der Waals surface area contributed by atoms with Crippen LogP contribution in [-0.2, 0) is 11.3 Å². The van der Waals surface area contributed by atoms with E-state index in [1.807, 2.05) is 12.1 Å². The SMILES string of the molecule is COc1ccc(CNCCNC2CCOC(C)(C)C2)cc1. The predicted octanol–water partition coefficient (Wildman–Crippen LogP) is 2.33. The number of methoxy groups -OCH3 is 1. The van der Waals surface area contributed by atoms with E-state index in [1.54, 1.807) is 7.11 Å². The number of rotatable bonds is 7. The van der Waals surface area contributed by atoms with Crippen molar-refractivity contribution in [1.82, 2.24) is 10.6 Å². The molecule has 1 aliphatic rings. The summed E-state index contributed by atoms with van der Waals surface area (Å²) >= 11 is 0. The molecule has 0 amide bonds. The lowest BCUT2D eigenvalue weighted by Gasteiger charge is -2.36. The Morgan fingerprint density at radius 3 is 2.67 bits per heavy atom. The van der Waals surface area contributed by atoms with Gasteiger partial charge in [-0.1, -0.05) is 12.1 Å². The fourth-order valence-corrected chi connectivity index (χ4v) is 2.75. The zero-order valence-corrected chi connectivity index (χ0v) is 13.4. The molecule has 4 nitrogen and oxygen atoms in total. The van der Waals surface area contributed by atoms with Crippen LogP contribution in [-0.4, -0.2) is 38.4 Å². The first-order valence-electron chi connectivity index (χ1n) is 7.80. The highest BCUT2D eigenvalue weighted by atomic mass is 16.5. The molecule has 1 aliphatic heterocycles. The van der Waals surface area contributed by atoms with Gasteiger partial charge in [0.05, 0.1) is 12.7 Å². The van der Waals surface area contributed by atoms with E-state index in [0.717, 1.165) is 44.8 Å². The second-order valence-corrected chi connectivity index (χ2v) is 6.28. The van der Waals surface area contributed by atoms with Gasteiger partial charge < -0.3 is 20.1 Å². The molecule has 1 aromatic rings. The largest absolute Gasteiger partial charge is 0.497 e. The van der Waals surface area contributed by atoms with Crippen LogP contribution < -0.4 is 15.4 Å². The molecule has 1 fully saturated rings. The maximum Gasteiger partial charge on any atom is 0.118 e. The van der Waals surface area contributed by atoms with Crippen LogP contribution in [0.25, 0.3) is 0 Å². The smallest absolute Gasteiger partial charge is 0.118 e. The molecule has 1 saturated heterocycles. The highest BCUT2D eigenvalue weighted by molar-refractivity contribution is 5.26. The lowest BCUT2D eigenvalue weighted by atomic mass is 9.94. The minimum atomic E-state index is 0.0203. The maximum absolute atomic E-state index is 5.73. The Labute approximate surface area is 128 Å². The molecule has 21 heavy (non-hydrogen) atoms. The number of ether oxygens (including phenoxy) is 2. The summed E-state index contributed by atoms with van der Waals surface area (Å²) in [4.78, 5) is 0. The van der Waals surface area contributed by atoms with E-state index in [2.05, 4.69) is 36.6 Å². The zero-order valence-electron chi connectivity index (χ0n) is 13.4. The normalized spacial score (nSPS) is 21.2. The van der Waals surface area contributed by atoms with Gasteiger partial charge in [-0.3, -0.25) is 0 Å². The summed E-state index contributed by atoms with van der Waals surface area (Å²) in [6, 6.07) is 8.77. The fourth-order valence-electron chi connectivity index (χ4n) is 2.75. The van der Waals surface area contributed by atoms with Gasteiger partial charge in [-0.2, -0.15) is 0 Å². The molecule has 118 valence electrons. The highest BCUT2D eigenvalue weighted by Crippen LogP contribution is 2.23. The Hall–Kier alpha value is -1.10. The van der Waals surface area contributed by atoms with Crippen LogP contribution >= 0.6 is 0 Å². The minimum Gasteiger partial charge on any atom is -0.497 e. The number of hydrogen-bond donors (Lipinski definition) is 2. The third-order valence-corrected chi connectivity index (χ3v) is 3.92. The predicted molar refractivity (Wildman–Crippen MR) is 85.8 cm³/mol. The first kappa shape index (κ1) is 16.3. The third kappa shape index (κ3) is 5.65. The molecule has 1 heterocycles. The standard InChI is InChI=1S/C17H28N2O2/c1-17(2)12-15(8-11-21-17)19-10-9-18-13-14-4-6-16(20-3)7-5-14/h4-7,15,18-19H,8-13H2,1-3H3. The molecule has 0 aliphatic carbocycles. The monoisotopic (exact) mass is 292 g/mol. The van der Waals surface area contributed by atoms with Gasteiger partial charge in [-0.15, -0.1) is 0 Å². The Morgan fingerprint density at radius 1 is 1.24 bits per heavy atom. The molecular weight excluding hydrogens is 264 g/mol. The van der Waals surface area contributed by atoms with Crippen LogP contribution in [0.5, 0.6) is 5.75 Å². The molecule has 2 N–H and O–H groups in total. The topological polar surface area (TPSA) is 42.5 Å². The van der Waals surface area contributed by atoms with Crippen molar-refractivity contribution in [3.05, 3.63) is 29.8 Å². The van der Waals surface area contributed by atoms with E-state index < -0.39 is 0 Å². The quantitative estimate of drug-likeness (QED) is 0.757. The summed E-state index contributed by atoms with van der Waals surface area (Å²) in [5.74, 6) is 0.905. The van der Waals surface area contributed by atoms with Gasteiger partial charge >= 0.3 is 0 Å². The summed E-state index contributed by atoms with van der Waals surface area (Å²) in [6.07, 6.45) is 2.20. The zero-order chi connectivity index (χ0) is 15.1. The molecule has 2 rings (SSSR count). The van der Waals surface area contributed by atoms with Gasteiger partial charge in [-0.05, 0) is 44.4 Å². The molecule has 0 bridgehead atoms. The van der Waals surface area contributed by atoms with E-state index in [4.69, 9.17) is 9.47 Å². The van der Waals surface area contributed by atoms with Crippen LogP contribution in [0.2, 0.25) is 0 Å². The molecule has 1 unspecified atom stereocenters. The number of benzene rings is 1. The molecular formula is C17H28N2O2. The Morgan fingerprint density at radius 2 is 2.00 bits per heavy atom. The first-order chi connectivity index (χ1) is 10.1. The van der Waals surface area contributed by atoms with E-state index in [0.29, 0.717) is 6.04 Å². The minimum absolute atomic E-state index is 0.0203. The van der Waals surface area contributed by atoms with Crippen molar-refractivity contribution >= 4 is 0 Å². The first-order valence-corrected chi connectivity index (χ1v) is 7.80.